The minimum Gasteiger partial charge on any atom is -0.383 e. The van der Waals surface area contributed by atoms with Gasteiger partial charge in [0.15, 0.2) is 5.16 Å². The summed E-state index contributed by atoms with van der Waals surface area (Å²) in [6.07, 6.45) is 1.07. The molecule has 78 valence electrons. The number of thioether (sulfide) groups is 1. The van der Waals surface area contributed by atoms with E-state index in [2.05, 4.69) is 15.3 Å². The van der Waals surface area contributed by atoms with Gasteiger partial charge in [0.25, 0.3) is 0 Å². The van der Waals surface area contributed by atoms with E-state index in [4.69, 9.17) is 11.5 Å². The molecule has 0 bridgehead atoms. The number of rotatable bonds is 5. The zero-order chi connectivity index (χ0) is 10.4. The average Bonchev–Trinajstić information content (AvgIpc) is 2.11. The van der Waals surface area contributed by atoms with Crippen molar-refractivity contribution >= 4 is 23.4 Å². The zero-order valence-corrected chi connectivity index (χ0v) is 8.97. The van der Waals surface area contributed by atoms with Gasteiger partial charge in [0, 0.05) is 11.8 Å². The summed E-state index contributed by atoms with van der Waals surface area (Å²) in [4.78, 5) is 8.12. The van der Waals surface area contributed by atoms with Crippen molar-refractivity contribution in [2.45, 2.75) is 11.6 Å². The second-order valence-electron chi connectivity index (χ2n) is 2.81. The lowest BCUT2D eigenvalue weighted by Gasteiger charge is -2.02. The third kappa shape index (κ3) is 3.80. The van der Waals surface area contributed by atoms with E-state index in [0.29, 0.717) is 16.8 Å². The van der Waals surface area contributed by atoms with Crippen LogP contribution in [-0.4, -0.2) is 29.3 Å². The van der Waals surface area contributed by atoms with Crippen molar-refractivity contribution in [3.63, 3.8) is 0 Å². The molecule has 5 nitrogen and oxygen atoms in total. The molecule has 0 spiro atoms. The average molecular weight is 213 g/mol. The summed E-state index contributed by atoms with van der Waals surface area (Å²) >= 11 is 1.57. The number of nitrogens with two attached hydrogens (primary N) is 2. The number of nitrogens with zero attached hydrogens (tertiary/aromatic N) is 2. The lowest BCUT2D eigenvalue weighted by atomic mass is 10.5. The predicted octanol–water partition coefficient (Wildman–Crippen LogP) is 0.343. The van der Waals surface area contributed by atoms with Crippen molar-refractivity contribution < 1.29 is 0 Å². The molecule has 0 aliphatic heterocycles. The van der Waals surface area contributed by atoms with Crippen molar-refractivity contribution in [2.24, 2.45) is 0 Å². The number of hydrogen-bond donors (Lipinski definition) is 3. The lowest BCUT2D eigenvalue weighted by molar-refractivity contribution is 0.777. The van der Waals surface area contributed by atoms with Crippen LogP contribution in [-0.2, 0) is 0 Å². The molecule has 0 radical (unpaired) electrons. The van der Waals surface area contributed by atoms with Gasteiger partial charge in [-0.05, 0) is 20.0 Å². The first kappa shape index (κ1) is 11.1. The van der Waals surface area contributed by atoms with E-state index >= 15 is 0 Å². The summed E-state index contributed by atoms with van der Waals surface area (Å²) in [5.74, 6) is 1.81. The number of anilines is 2. The maximum Gasteiger partial charge on any atom is 0.191 e. The first-order valence-corrected chi connectivity index (χ1v) is 5.38. The Morgan fingerprint density at radius 3 is 2.57 bits per heavy atom. The molecule has 1 heterocycles. The van der Waals surface area contributed by atoms with E-state index in [1.165, 1.54) is 0 Å². The Morgan fingerprint density at radius 1 is 1.36 bits per heavy atom. The van der Waals surface area contributed by atoms with Crippen molar-refractivity contribution in [3.8, 4) is 0 Å². The van der Waals surface area contributed by atoms with Crippen LogP contribution < -0.4 is 16.8 Å². The maximum absolute atomic E-state index is 5.53. The molecule has 0 fully saturated rings. The van der Waals surface area contributed by atoms with Gasteiger partial charge in [0.05, 0.1) is 0 Å². The molecule has 14 heavy (non-hydrogen) atoms. The van der Waals surface area contributed by atoms with E-state index < -0.39 is 0 Å². The second kappa shape index (κ2) is 5.66. The molecule has 6 heteroatoms. The molecule has 0 unspecified atom stereocenters. The summed E-state index contributed by atoms with van der Waals surface area (Å²) in [6.45, 7) is 0.991. The molecule has 0 saturated carbocycles. The molecular weight excluding hydrogens is 198 g/mol. The summed E-state index contributed by atoms with van der Waals surface area (Å²) in [6, 6.07) is 1.55. The molecule has 1 aromatic rings. The van der Waals surface area contributed by atoms with Crippen LogP contribution in [0.3, 0.4) is 0 Å². The Labute approximate surface area is 87.7 Å². The Kier molecular flexibility index (Phi) is 4.48. The Bertz CT molecular complexity index is 271. The van der Waals surface area contributed by atoms with Crippen LogP contribution in [0.15, 0.2) is 11.2 Å². The molecule has 0 atom stereocenters. The fourth-order valence-electron chi connectivity index (χ4n) is 0.939. The Morgan fingerprint density at radius 2 is 2.00 bits per heavy atom. The minimum absolute atomic E-state index is 0.425. The lowest BCUT2D eigenvalue weighted by Crippen LogP contribution is -2.08. The summed E-state index contributed by atoms with van der Waals surface area (Å²) in [7, 11) is 1.93. The maximum atomic E-state index is 5.53. The van der Waals surface area contributed by atoms with Gasteiger partial charge in [-0.3, -0.25) is 0 Å². The van der Waals surface area contributed by atoms with Gasteiger partial charge >= 0.3 is 0 Å². The predicted molar refractivity (Wildman–Crippen MR) is 60.1 cm³/mol. The van der Waals surface area contributed by atoms with Crippen LogP contribution in [0.25, 0.3) is 0 Å². The first-order chi connectivity index (χ1) is 6.72. The quantitative estimate of drug-likeness (QED) is 0.371. The fourth-order valence-corrected chi connectivity index (χ4v) is 1.75. The van der Waals surface area contributed by atoms with Crippen molar-refractivity contribution in [1.82, 2.24) is 15.3 Å². The Hall–Kier alpha value is -1.01. The molecule has 0 aliphatic rings. The van der Waals surface area contributed by atoms with E-state index in [-0.39, 0.29) is 0 Å². The van der Waals surface area contributed by atoms with E-state index in [0.717, 1.165) is 18.7 Å². The van der Waals surface area contributed by atoms with Gasteiger partial charge < -0.3 is 16.8 Å². The summed E-state index contributed by atoms with van der Waals surface area (Å²) in [5, 5.41) is 3.72. The Balaban J connectivity index is 2.42. The number of nitrogen functional groups attached to an aromatic ring is 2. The van der Waals surface area contributed by atoms with E-state index in [9.17, 15) is 0 Å². The van der Waals surface area contributed by atoms with Crippen molar-refractivity contribution in [1.29, 1.82) is 0 Å². The highest BCUT2D eigenvalue weighted by Crippen LogP contribution is 2.16. The number of nitrogens with one attached hydrogen (secondary N) is 1. The molecular formula is C8H15N5S. The molecule has 0 saturated heterocycles. The molecule has 5 N–H and O–H groups in total. The highest BCUT2D eigenvalue weighted by Gasteiger charge is 2.00. The largest absolute Gasteiger partial charge is 0.383 e. The monoisotopic (exact) mass is 213 g/mol. The zero-order valence-electron chi connectivity index (χ0n) is 8.16. The van der Waals surface area contributed by atoms with Crippen LogP contribution in [0.2, 0.25) is 0 Å². The molecule has 1 rings (SSSR count). The highest BCUT2D eigenvalue weighted by molar-refractivity contribution is 7.99. The van der Waals surface area contributed by atoms with Gasteiger partial charge in [-0.25, -0.2) is 9.97 Å². The van der Waals surface area contributed by atoms with Gasteiger partial charge in [0.1, 0.15) is 11.6 Å². The smallest absolute Gasteiger partial charge is 0.191 e. The third-order valence-corrected chi connectivity index (χ3v) is 2.48. The first-order valence-electron chi connectivity index (χ1n) is 4.40. The van der Waals surface area contributed by atoms with Crippen LogP contribution >= 0.6 is 11.8 Å². The highest BCUT2D eigenvalue weighted by atomic mass is 32.2. The second-order valence-corrected chi connectivity index (χ2v) is 3.87. The molecule has 0 amide bonds. The van der Waals surface area contributed by atoms with Crippen LogP contribution in [0.5, 0.6) is 0 Å². The number of aromatic nitrogens is 2. The number of hydrogen-bond acceptors (Lipinski definition) is 6. The van der Waals surface area contributed by atoms with Gasteiger partial charge in [-0.1, -0.05) is 11.8 Å². The molecule has 1 aromatic heterocycles. The summed E-state index contributed by atoms with van der Waals surface area (Å²) in [5.41, 5.74) is 11.1. The summed E-state index contributed by atoms with van der Waals surface area (Å²) < 4.78 is 0. The standard InChI is InChI=1S/C8H15N5S/c1-11-3-2-4-14-8-12-6(9)5-7(10)13-8/h5,11H,2-4H2,1H3,(H4,9,10,12,13). The van der Waals surface area contributed by atoms with Crippen molar-refractivity contribution in [3.05, 3.63) is 6.07 Å². The third-order valence-electron chi connectivity index (χ3n) is 1.55. The van der Waals surface area contributed by atoms with Gasteiger partial charge in [-0.15, -0.1) is 0 Å². The molecule has 0 aliphatic carbocycles. The fraction of sp³-hybridized carbons (Fsp3) is 0.500. The van der Waals surface area contributed by atoms with Crippen LogP contribution in [0.1, 0.15) is 6.42 Å². The van der Waals surface area contributed by atoms with Crippen LogP contribution in [0, 0.1) is 0 Å². The minimum atomic E-state index is 0.425. The SMILES string of the molecule is CNCCCSc1nc(N)cc(N)n1. The topological polar surface area (TPSA) is 89.8 Å². The van der Waals surface area contributed by atoms with E-state index in [1.54, 1.807) is 17.8 Å². The van der Waals surface area contributed by atoms with Gasteiger partial charge in [-0.2, -0.15) is 0 Å². The van der Waals surface area contributed by atoms with E-state index in [1.807, 2.05) is 7.05 Å². The van der Waals surface area contributed by atoms with Crippen molar-refractivity contribution in [2.75, 3.05) is 30.8 Å². The van der Waals surface area contributed by atoms with Gasteiger partial charge in [0.2, 0.25) is 0 Å². The molecule has 0 aromatic carbocycles. The normalized spacial score (nSPS) is 10.4. The van der Waals surface area contributed by atoms with Crippen LogP contribution in [0.4, 0.5) is 11.6 Å².